The van der Waals surface area contributed by atoms with E-state index in [1.54, 1.807) is 18.2 Å². The molecule has 1 saturated heterocycles. The standard InChI is InChI=1S/C16H20N2O4S2/c1-2-13-15(23-16(20)17-13)24(21,22)18-9-4-3-8-14(18)11-6-5-7-12(19)10-11/h5-7,10,14,19H,2-4,8-9H2,1H3,(H,17,20). The topological polar surface area (TPSA) is 90.5 Å². The minimum absolute atomic E-state index is 0.113. The summed E-state index contributed by atoms with van der Waals surface area (Å²) in [5, 5.41) is 9.72. The van der Waals surface area contributed by atoms with Crippen LogP contribution in [0.1, 0.15) is 43.5 Å². The van der Waals surface area contributed by atoms with Crippen LogP contribution in [0.25, 0.3) is 0 Å². The summed E-state index contributed by atoms with van der Waals surface area (Å²) in [4.78, 5) is 13.9. The van der Waals surface area contributed by atoms with Crippen molar-refractivity contribution in [2.24, 2.45) is 0 Å². The smallest absolute Gasteiger partial charge is 0.306 e. The molecule has 3 rings (SSSR count). The van der Waals surface area contributed by atoms with Gasteiger partial charge in [0.05, 0.1) is 6.04 Å². The molecule has 1 aliphatic rings. The monoisotopic (exact) mass is 368 g/mol. The number of piperidine rings is 1. The van der Waals surface area contributed by atoms with Crippen LogP contribution in [0.2, 0.25) is 0 Å². The van der Waals surface area contributed by atoms with Crippen molar-refractivity contribution in [1.29, 1.82) is 0 Å². The number of sulfonamides is 1. The Labute approximate surface area is 144 Å². The molecule has 1 aromatic carbocycles. The summed E-state index contributed by atoms with van der Waals surface area (Å²) in [7, 11) is -3.76. The molecule has 0 bridgehead atoms. The van der Waals surface area contributed by atoms with Gasteiger partial charge in [0.15, 0.2) is 4.21 Å². The zero-order chi connectivity index (χ0) is 17.3. The van der Waals surface area contributed by atoms with Gasteiger partial charge in [0.2, 0.25) is 0 Å². The summed E-state index contributed by atoms with van der Waals surface area (Å²) in [5.74, 6) is 0.121. The minimum Gasteiger partial charge on any atom is -0.508 e. The lowest BCUT2D eigenvalue weighted by Gasteiger charge is -2.34. The molecule has 0 aliphatic carbocycles. The molecule has 1 fully saturated rings. The highest BCUT2D eigenvalue weighted by Gasteiger charge is 2.37. The molecule has 0 radical (unpaired) electrons. The Morgan fingerprint density at radius 2 is 2.17 bits per heavy atom. The lowest BCUT2D eigenvalue weighted by molar-refractivity contribution is 0.256. The van der Waals surface area contributed by atoms with Crippen LogP contribution in [-0.2, 0) is 16.4 Å². The van der Waals surface area contributed by atoms with Gasteiger partial charge < -0.3 is 10.1 Å². The van der Waals surface area contributed by atoms with Crippen LogP contribution >= 0.6 is 11.3 Å². The highest BCUT2D eigenvalue weighted by Crippen LogP contribution is 2.37. The molecule has 130 valence electrons. The number of aromatic hydroxyl groups is 1. The van der Waals surface area contributed by atoms with Crippen LogP contribution in [0, 0.1) is 0 Å². The van der Waals surface area contributed by atoms with Crippen LogP contribution < -0.4 is 4.87 Å². The summed E-state index contributed by atoms with van der Waals surface area (Å²) in [5.41, 5.74) is 1.24. The van der Waals surface area contributed by atoms with E-state index in [-0.39, 0.29) is 20.9 Å². The summed E-state index contributed by atoms with van der Waals surface area (Å²) in [6, 6.07) is 6.41. The molecular weight excluding hydrogens is 348 g/mol. The third-order valence-corrected chi connectivity index (χ3v) is 7.66. The normalized spacial score (nSPS) is 19.5. The molecule has 1 unspecified atom stereocenters. The van der Waals surface area contributed by atoms with Crippen molar-refractivity contribution in [3.05, 3.63) is 45.2 Å². The number of thiazole rings is 1. The Morgan fingerprint density at radius 3 is 2.88 bits per heavy atom. The number of nitrogens with zero attached hydrogens (tertiary/aromatic N) is 1. The highest BCUT2D eigenvalue weighted by molar-refractivity contribution is 7.91. The number of phenolic OH excluding ortho intramolecular Hbond substituents is 1. The molecule has 2 N–H and O–H groups in total. The number of phenols is 1. The number of aryl methyl sites for hydroxylation is 1. The van der Waals surface area contributed by atoms with E-state index in [9.17, 15) is 18.3 Å². The van der Waals surface area contributed by atoms with Crippen molar-refractivity contribution >= 4 is 21.4 Å². The van der Waals surface area contributed by atoms with Crippen molar-refractivity contribution in [2.75, 3.05) is 6.54 Å². The van der Waals surface area contributed by atoms with Crippen LogP contribution in [0.4, 0.5) is 0 Å². The van der Waals surface area contributed by atoms with E-state index in [0.29, 0.717) is 25.1 Å². The molecule has 0 spiro atoms. The van der Waals surface area contributed by atoms with Crippen molar-refractivity contribution in [3.63, 3.8) is 0 Å². The van der Waals surface area contributed by atoms with Gasteiger partial charge in [-0.25, -0.2) is 8.42 Å². The Bertz CT molecular complexity index is 885. The maximum Gasteiger partial charge on any atom is 0.306 e. The van der Waals surface area contributed by atoms with Gasteiger partial charge >= 0.3 is 4.87 Å². The van der Waals surface area contributed by atoms with E-state index < -0.39 is 10.0 Å². The SMILES string of the molecule is CCc1[nH]c(=O)sc1S(=O)(=O)N1CCCCC1c1cccc(O)c1. The van der Waals surface area contributed by atoms with E-state index in [2.05, 4.69) is 4.98 Å². The Balaban J connectivity index is 2.05. The molecule has 2 aromatic rings. The number of hydrogen-bond donors (Lipinski definition) is 2. The molecule has 0 saturated carbocycles. The second kappa shape index (κ2) is 6.70. The second-order valence-corrected chi connectivity index (χ2v) is 8.93. The van der Waals surface area contributed by atoms with Crippen molar-refractivity contribution in [3.8, 4) is 5.75 Å². The number of aromatic nitrogens is 1. The molecule has 1 aliphatic heterocycles. The van der Waals surface area contributed by atoms with Gasteiger partial charge in [0, 0.05) is 12.2 Å². The van der Waals surface area contributed by atoms with Gasteiger partial charge in [-0.15, -0.1) is 0 Å². The third-order valence-electron chi connectivity index (χ3n) is 4.29. The largest absolute Gasteiger partial charge is 0.508 e. The fraction of sp³-hybridized carbons (Fsp3) is 0.438. The zero-order valence-electron chi connectivity index (χ0n) is 13.4. The number of nitrogens with one attached hydrogen (secondary N) is 1. The highest BCUT2D eigenvalue weighted by atomic mass is 32.2. The van der Waals surface area contributed by atoms with Gasteiger partial charge in [-0.3, -0.25) is 4.79 Å². The number of hydrogen-bond acceptors (Lipinski definition) is 5. The molecule has 0 amide bonds. The first-order valence-corrected chi connectivity index (χ1v) is 10.2. The lowest BCUT2D eigenvalue weighted by atomic mass is 9.97. The Kier molecular flexibility index (Phi) is 4.80. The van der Waals surface area contributed by atoms with Gasteiger partial charge in [-0.2, -0.15) is 4.31 Å². The minimum atomic E-state index is -3.76. The van der Waals surface area contributed by atoms with Crippen LogP contribution in [0.3, 0.4) is 0 Å². The van der Waals surface area contributed by atoms with E-state index in [4.69, 9.17) is 0 Å². The summed E-state index contributed by atoms with van der Waals surface area (Å²) in [6.45, 7) is 2.23. The van der Waals surface area contributed by atoms with E-state index in [0.717, 1.165) is 29.7 Å². The quantitative estimate of drug-likeness (QED) is 0.868. The lowest BCUT2D eigenvalue weighted by Crippen LogP contribution is -2.38. The van der Waals surface area contributed by atoms with Crippen molar-refractivity contribution < 1.29 is 13.5 Å². The molecule has 1 atom stereocenters. The fourth-order valence-electron chi connectivity index (χ4n) is 3.15. The number of H-pyrrole nitrogens is 1. The second-order valence-electron chi connectivity index (χ2n) is 5.86. The maximum atomic E-state index is 13.2. The number of benzene rings is 1. The molecule has 6 nitrogen and oxygen atoms in total. The number of aromatic amines is 1. The first kappa shape index (κ1) is 17.2. The third kappa shape index (κ3) is 3.13. The van der Waals surface area contributed by atoms with E-state index >= 15 is 0 Å². The molecule has 1 aromatic heterocycles. The Morgan fingerprint density at radius 1 is 1.38 bits per heavy atom. The predicted octanol–water partition coefficient (Wildman–Crippen LogP) is 2.62. The number of rotatable bonds is 4. The summed E-state index contributed by atoms with van der Waals surface area (Å²) < 4.78 is 27.9. The van der Waals surface area contributed by atoms with Gasteiger partial charge in [0.25, 0.3) is 10.0 Å². The predicted molar refractivity (Wildman–Crippen MR) is 92.9 cm³/mol. The average molecular weight is 368 g/mol. The van der Waals surface area contributed by atoms with E-state index in [1.165, 1.54) is 4.31 Å². The van der Waals surface area contributed by atoms with Gasteiger partial charge in [0.1, 0.15) is 5.75 Å². The first-order chi connectivity index (χ1) is 11.4. The molecular formula is C16H20N2O4S2. The van der Waals surface area contributed by atoms with Gasteiger partial charge in [-0.05, 0) is 37.0 Å². The first-order valence-electron chi connectivity index (χ1n) is 7.96. The molecule has 2 heterocycles. The van der Waals surface area contributed by atoms with E-state index in [1.807, 2.05) is 13.0 Å². The van der Waals surface area contributed by atoms with Gasteiger partial charge in [-0.1, -0.05) is 36.8 Å². The zero-order valence-corrected chi connectivity index (χ0v) is 15.0. The van der Waals surface area contributed by atoms with Crippen molar-refractivity contribution in [2.45, 2.75) is 42.9 Å². The molecule has 24 heavy (non-hydrogen) atoms. The van der Waals surface area contributed by atoms with Crippen LogP contribution in [0.15, 0.2) is 33.3 Å². The van der Waals surface area contributed by atoms with Crippen molar-refractivity contribution in [1.82, 2.24) is 9.29 Å². The average Bonchev–Trinajstić information content (AvgIpc) is 2.97. The summed E-state index contributed by atoms with van der Waals surface area (Å²) >= 11 is 0.750. The van der Waals surface area contributed by atoms with Crippen LogP contribution in [0.5, 0.6) is 5.75 Å². The Hall–Kier alpha value is -1.64. The maximum absolute atomic E-state index is 13.2. The molecule has 8 heteroatoms. The summed E-state index contributed by atoms with van der Waals surface area (Å²) in [6.07, 6.45) is 2.87. The van der Waals surface area contributed by atoms with Crippen LogP contribution in [-0.4, -0.2) is 29.4 Å². The fourth-order valence-corrected chi connectivity index (χ4v) is 6.40.